The number of carboxylic acid groups (broad SMARTS) is 1. The minimum atomic E-state index is -0.857. The minimum absolute atomic E-state index is 0.0374. The molecule has 0 saturated carbocycles. The van der Waals surface area contributed by atoms with Crippen molar-refractivity contribution in [3.05, 3.63) is 35.9 Å². The molecule has 1 aromatic rings. The predicted octanol–water partition coefficient (Wildman–Crippen LogP) is 2.47. The zero-order chi connectivity index (χ0) is 15.2. The lowest BCUT2D eigenvalue weighted by Crippen LogP contribution is -2.48. The molecule has 0 atom stereocenters. The molecule has 0 spiro atoms. The summed E-state index contributed by atoms with van der Waals surface area (Å²) in [5.74, 6) is -0.857. The van der Waals surface area contributed by atoms with Crippen LogP contribution in [0.2, 0.25) is 0 Å². The number of benzene rings is 1. The van der Waals surface area contributed by atoms with Crippen molar-refractivity contribution < 1.29 is 14.7 Å². The Labute approximate surface area is 119 Å². The lowest BCUT2D eigenvalue weighted by atomic mass is 9.99. The second kappa shape index (κ2) is 6.93. The maximum absolute atomic E-state index is 12.1. The van der Waals surface area contributed by atoms with Crippen LogP contribution in [0.5, 0.6) is 0 Å². The van der Waals surface area contributed by atoms with Crippen LogP contribution < -0.4 is 5.32 Å². The number of urea groups is 1. The highest BCUT2D eigenvalue weighted by Crippen LogP contribution is 2.12. The van der Waals surface area contributed by atoms with Crippen LogP contribution in [0.25, 0.3) is 0 Å². The average molecular weight is 278 g/mol. The summed E-state index contributed by atoms with van der Waals surface area (Å²) >= 11 is 0. The fraction of sp³-hybridized carbons (Fsp3) is 0.467. The Morgan fingerprint density at radius 3 is 2.40 bits per heavy atom. The molecule has 0 unspecified atom stereocenters. The first-order valence-corrected chi connectivity index (χ1v) is 6.59. The molecule has 0 radical (unpaired) electrons. The van der Waals surface area contributed by atoms with Crippen molar-refractivity contribution in [3.63, 3.8) is 0 Å². The molecule has 0 aromatic heterocycles. The largest absolute Gasteiger partial charge is 0.481 e. The summed E-state index contributed by atoms with van der Waals surface area (Å²) in [6.45, 7) is 4.16. The molecule has 2 amide bonds. The van der Waals surface area contributed by atoms with Gasteiger partial charge in [0, 0.05) is 25.6 Å². The molecule has 0 aliphatic heterocycles. The third-order valence-electron chi connectivity index (χ3n) is 3.02. The van der Waals surface area contributed by atoms with E-state index in [1.165, 1.54) is 0 Å². The van der Waals surface area contributed by atoms with E-state index < -0.39 is 11.5 Å². The number of carbonyl (C=O) groups excluding carboxylic acids is 1. The van der Waals surface area contributed by atoms with Crippen molar-refractivity contribution in [2.45, 2.75) is 38.8 Å². The SMILES string of the molecule is CN(Cc1ccccc1)C(=O)NC(C)(C)CCC(=O)O. The molecule has 0 bridgehead atoms. The van der Waals surface area contributed by atoms with Crippen LogP contribution in [0.4, 0.5) is 4.79 Å². The van der Waals surface area contributed by atoms with E-state index in [0.717, 1.165) is 5.56 Å². The highest BCUT2D eigenvalue weighted by atomic mass is 16.4. The number of nitrogens with zero attached hydrogens (tertiary/aromatic N) is 1. The lowest BCUT2D eigenvalue weighted by Gasteiger charge is -2.29. The fourth-order valence-corrected chi connectivity index (χ4v) is 1.80. The molecule has 0 fully saturated rings. The van der Waals surface area contributed by atoms with Crippen LogP contribution in [0.15, 0.2) is 30.3 Å². The number of nitrogens with one attached hydrogen (secondary N) is 1. The summed E-state index contributed by atoms with van der Waals surface area (Å²) < 4.78 is 0. The van der Waals surface area contributed by atoms with Crippen molar-refractivity contribution >= 4 is 12.0 Å². The minimum Gasteiger partial charge on any atom is -0.481 e. The van der Waals surface area contributed by atoms with Gasteiger partial charge in [-0.2, -0.15) is 0 Å². The maximum atomic E-state index is 12.1. The van der Waals surface area contributed by atoms with Gasteiger partial charge in [0.15, 0.2) is 0 Å². The number of aliphatic carboxylic acids is 1. The summed E-state index contributed by atoms with van der Waals surface area (Å²) in [5.41, 5.74) is 0.508. The topological polar surface area (TPSA) is 69.6 Å². The first kappa shape index (κ1) is 16.0. The average Bonchev–Trinajstić information content (AvgIpc) is 2.37. The molecule has 0 aliphatic rings. The van der Waals surface area contributed by atoms with Gasteiger partial charge in [0.05, 0.1) is 0 Å². The van der Waals surface area contributed by atoms with Gasteiger partial charge in [-0.15, -0.1) is 0 Å². The third kappa shape index (κ3) is 5.73. The molecule has 0 saturated heterocycles. The van der Waals surface area contributed by atoms with Gasteiger partial charge in [-0.1, -0.05) is 30.3 Å². The smallest absolute Gasteiger partial charge is 0.317 e. The summed E-state index contributed by atoms with van der Waals surface area (Å²) in [6, 6.07) is 9.50. The molecular weight excluding hydrogens is 256 g/mol. The second-order valence-corrected chi connectivity index (χ2v) is 5.55. The zero-order valence-electron chi connectivity index (χ0n) is 12.2. The van der Waals surface area contributed by atoms with Crippen molar-refractivity contribution in [2.24, 2.45) is 0 Å². The maximum Gasteiger partial charge on any atom is 0.317 e. The number of amides is 2. The summed E-state index contributed by atoms with van der Waals surface area (Å²) in [4.78, 5) is 24.2. The number of rotatable bonds is 6. The molecule has 0 heterocycles. The Kier molecular flexibility index (Phi) is 5.55. The highest BCUT2D eigenvalue weighted by Gasteiger charge is 2.23. The van der Waals surface area contributed by atoms with Gasteiger partial charge in [0.2, 0.25) is 0 Å². The predicted molar refractivity (Wildman–Crippen MR) is 77.4 cm³/mol. The molecule has 20 heavy (non-hydrogen) atoms. The standard InChI is InChI=1S/C15H22N2O3/c1-15(2,10-9-13(18)19)16-14(20)17(3)11-12-7-5-4-6-8-12/h4-8H,9-11H2,1-3H3,(H,16,20)(H,18,19). The Hall–Kier alpha value is -2.04. The Morgan fingerprint density at radius 2 is 1.85 bits per heavy atom. The van der Waals surface area contributed by atoms with E-state index in [9.17, 15) is 9.59 Å². The van der Waals surface area contributed by atoms with Gasteiger partial charge >= 0.3 is 12.0 Å². The van der Waals surface area contributed by atoms with Crippen LogP contribution in [0.3, 0.4) is 0 Å². The van der Waals surface area contributed by atoms with Crippen LogP contribution in [0, 0.1) is 0 Å². The molecule has 0 aliphatic carbocycles. The van der Waals surface area contributed by atoms with Gasteiger partial charge in [-0.3, -0.25) is 4.79 Å². The van der Waals surface area contributed by atoms with E-state index in [1.54, 1.807) is 11.9 Å². The summed E-state index contributed by atoms with van der Waals surface area (Å²) in [6.07, 6.45) is 0.433. The first-order valence-electron chi connectivity index (χ1n) is 6.59. The van der Waals surface area contributed by atoms with E-state index in [0.29, 0.717) is 13.0 Å². The fourth-order valence-electron chi connectivity index (χ4n) is 1.80. The van der Waals surface area contributed by atoms with E-state index in [1.807, 2.05) is 44.2 Å². The van der Waals surface area contributed by atoms with Crippen molar-refractivity contribution in [3.8, 4) is 0 Å². The van der Waals surface area contributed by atoms with Gasteiger partial charge in [-0.25, -0.2) is 4.79 Å². The van der Waals surface area contributed by atoms with E-state index >= 15 is 0 Å². The number of hydrogen-bond acceptors (Lipinski definition) is 2. The number of carbonyl (C=O) groups is 2. The highest BCUT2D eigenvalue weighted by molar-refractivity contribution is 5.75. The molecule has 5 nitrogen and oxygen atoms in total. The second-order valence-electron chi connectivity index (χ2n) is 5.55. The quantitative estimate of drug-likeness (QED) is 0.840. The summed E-state index contributed by atoms with van der Waals surface area (Å²) in [5, 5.41) is 11.5. The Morgan fingerprint density at radius 1 is 1.25 bits per heavy atom. The van der Waals surface area contributed by atoms with Crippen molar-refractivity contribution in [1.29, 1.82) is 0 Å². The number of carboxylic acids is 1. The summed E-state index contributed by atoms with van der Waals surface area (Å²) in [7, 11) is 1.72. The van der Waals surface area contributed by atoms with Gasteiger partial charge < -0.3 is 15.3 Å². The monoisotopic (exact) mass is 278 g/mol. The van der Waals surface area contributed by atoms with Crippen LogP contribution in [-0.4, -0.2) is 34.6 Å². The molecule has 2 N–H and O–H groups in total. The number of hydrogen-bond donors (Lipinski definition) is 2. The molecule has 1 rings (SSSR count). The van der Waals surface area contributed by atoms with Crippen LogP contribution in [0.1, 0.15) is 32.3 Å². The normalized spacial score (nSPS) is 10.9. The first-order chi connectivity index (χ1) is 9.30. The van der Waals surface area contributed by atoms with Crippen LogP contribution >= 0.6 is 0 Å². The molecule has 1 aromatic carbocycles. The van der Waals surface area contributed by atoms with Crippen LogP contribution in [-0.2, 0) is 11.3 Å². The molecule has 110 valence electrons. The third-order valence-corrected chi connectivity index (χ3v) is 3.02. The van der Waals surface area contributed by atoms with Gasteiger partial charge in [-0.05, 0) is 25.8 Å². The van der Waals surface area contributed by atoms with Gasteiger partial charge in [0.1, 0.15) is 0 Å². The van der Waals surface area contributed by atoms with E-state index in [4.69, 9.17) is 5.11 Å². The van der Waals surface area contributed by atoms with E-state index in [2.05, 4.69) is 5.32 Å². The van der Waals surface area contributed by atoms with E-state index in [-0.39, 0.29) is 12.5 Å². The Balaban J connectivity index is 2.50. The Bertz CT molecular complexity index is 457. The van der Waals surface area contributed by atoms with Crippen molar-refractivity contribution in [1.82, 2.24) is 10.2 Å². The van der Waals surface area contributed by atoms with Crippen molar-refractivity contribution in [2.75, 3.05) is 7.05 Å². The molecule has 5 heteroatoms. The van der Waals surface area contributed by atoms with Gasteiger partial charge in [0.25, 0.3) is 0 Å². The zero-order valence-corrected chi connectivity index (χ0v) is 12.2. The lowest BCUT2D eigenvalue weighted by molar-refractivity contribution is -0.137. The molecular formula is C15H22N2O3.